The van der Waals surface area contributed by atoms with Crippen LogP contribution in [0.15, 0.2) is 53.5 Å². The van der Waals surface area contributed by atoms with Crippen molar-refractivity contribution in [1.29, 1.82) is 0 Å². The summed E-state index contributed by atoms with van der Waals surface area (Å²) in [7, 11) is 1.67. The van der Waals surface area contributed by atoms with Gasteiger partial charge in [-0.2, -0.15) is 0 Å². The molecule has 1 saturated heterocycles. The van der Waals surface area contributed by atoms with Gasteiger partial charge in [0.15, 0.2) is 0 Å². The van der Waals surface area contributed by atoms with Crippen LogP contribution in [0.25, 0.3) is 0 Å². The van der Waals surface area contributed by atoms with Crippen molar-refractivity contribution >= 4 is 34.7 Å². The quantitative estimate of drug-likeness (QED) is 0.747. The van der Waals surface area contributed by atoms with Crippen LogP contribution in [0.4, 0.5) is 11.4 Å². The van der Waals surface area contributed by atoms with Gasteiger partial charge in [0.2, 0.25) is 0 Å². The number of fused-ring (bicyclic) bond motifs is 1. The summed E-state index contributed by atoms with van der Waals surface area (Å²) >= 11 is 6.28. The van der Waals surface area contributed by atoms with Crippen LogP contribution in [0.2, 0.25) is 5.02 Å². The number of hydrogen-bond acceptors (Lipinski definition) is 4. The lowest BCUT2D eigenvalue weighted by Crippen LogP contribution is -2.62. The van der Waals surface area contributed by atoms with E-state index in [9.17, 15) is 4.79 Å². The number of hydrogen-bond donors (Lipinski definition) is 2. The molecule has 0 saturated carbocycles. The van der Waals surface area contributed by atoms with Gasteiger partial charge in [-0.15, -0.1) is 0 Å². The van der Waals surface area contributed by atoms with Crippen molar-refractivity contribution < 1.29 is 9.53 Å². The van der Waals surface area contributed by atoms with Gasteiger partial charge in [-0.25, -0.2) is 0 Å². The molecule has 1 amide bonds. The highest BCUT2D eigenvalue weighted by Gasteiger charge is 2.44. The van der Waals surface area contributed by atoms with Crippen molar-refractivity contribution in [3.05, 3.63) is 59.1 Å². The monoisotopic (exact) mass is 412 g/mol. The highest BCUT2D eigenvalue weighted by Crippen LogP contribution is 2.36. The number of anilines is 2. The molecular formula is C22H25ClN4O2. The predicted molar refractivity (Wildman–Crippen MR) is 117 cm³/mol. The summed E-state index contributed by atoms with van der Waals surface area (Å²) in [4.78, 5) is 19.9. The molecule has 2 heterocycles. The maximum atomic E-state index is 13.2. The number of rotatable bonds is 4. The Labute approximate surface area is 175 Å². The Hall–Kier alpha value is -2.57. The van der Waals surface area contributed by atoms with Crippen molar-refractivity contribution in [3.63, 3.8) is 0 Å². The lowest BCUT2D eigenvalue weighted by Gasteiger charge is -2.47. The Morgan fingerprint density at radius 1 is 1.21 bits per heavy atom. The van der Waals surface area contributed by atoms with Crippen LogP contribution in [0.1, 0.15) is 23.2 Å². The number of amides is 1. The molecule has 152 valence electrons. The number of carbonyl (C=O) groups excluding carboxylic acids is 1. The number of amidine groups is 1. The van der Waals surface area contributed by atoms with Gasteiger partial charge < -0.3 is 20.3 Å². The fourth-order valence-corrected chi connectivity index (χ4v) is 4.25. The molecule has 2 aliphatic rings. The van der Waals surface area contributed by atoms with Crippen LogP contribution >= 0.6 is 11.6 Å². The first kappa shape index (κ1) is 19.7. The Kier molecular flexibility index (Phi) is 5.74. The molecule has 1 unspecified atom stereocenters. The second-order valence-electron chi connectivity index (χ2n) is 7.41. The number of carbonyl (C=O) groups is 1. The maximum absolute atomic E-state index is 13.2. The van der Waals surface area contributed by atoms with Crippen LogP contribution in [-0.2, 0) is 4.74 Å². The number of methoxy groups -OCH3 is 1. The SMILES string of the molecule is COCCN=C1Nc2ccccc2NC12CCCN(C(=O)c1ccccc1Cl)C2. The standard InChI is InChI=1S/C22H25ClN4O2/c1-29-14-12-24-21-22(26-19-10-5-4-9-18(19)25-21)11-6-13-27(15-22)20(28)16-7-2-3-8-17(16)23/h2-5,7-10,26H,6,11-15H2,1H3,(H,24,25). The molecule has 29 heavy (non-hydrogen) atoms. The maximum Gasteiger partial charge on any atom is 0.255 e. The number of para-hydroxylation sites is 2. The number of benzene rings is 2. The Balaban J connectivity index is 1.65. The summed E-state index contributed by atoms with van der Waals surface area (Å²) in [5.41, 5.74) is 2.08. The second-order valence-corrected chi connectivity index (χ2v) is 7.82. The third kappa shape index (κ3) is 3.95. The molecule has 7 heteroatoms. The molecule has 0 bridgehead atoms. The fourth-order valence-electron chi connectivity index (χ4n) is 4.03. The third-order valence-electron chi connectivity index (χ3n) is 5.46. The summed E-state index contributed by atoms with van der Waals surface area (Å²) in [6.07, 6.45) is 1.75. The first-order chi connectivity index (χ1) is 14.1. The van der Waals surface area contributed by atoms with Crippen LogP contribution in [-0.4, -0.2) is 55.5 Å². The largest absolute Gasteiger partial charge is 0.383 e. The molecule has 6 nitrogen and oxygen atoms in total. The number of ether oxygens (including phenoxy) is 1. The number of halogens is 1. The minimum Gasteiger partial charge on any atom is -0.383 e. The molecular weight excluding hydrogens is 388 g/mol. The highest BCUT2D eigenvalue weighted by atomic mass is 35.5. The van der Waals surface area contributed by atoms with E-state index in [4.69, 9.17) is 21.3 Å². The van der Waals surface area contributed by atoms with E-state index in [1.165, 1.54) is 0 Å². The summed E-state index contributed by atoms with van der Waals surface area (Å²) in [6.45, 7) is 2.32. The average Bonchev–Trinajstić information content (AvgIpc) is 2.74. The van der Waals surface area contributed by atoms with Crippen molar-refractivity contribution in [2.24, 2.45) is 4.99 Å². The van der Waals surface area contributed by atoms with Gasteiger partial charge in [-0.05, 0) is 37.1 Å². The Morgan fingerprint density at radius 2 is 1.97 bits per heavy atom. The normalized spacial score (nSPS) is 22.1. The molecule has 4 rings (SSSR count). The number of nitrogens with one attached hydrogen (secondary N) is 2. The molecule has 2 aliphatic heterocycles. The summed E-state index contributed by atoms with van der Waals surface area (Å²) in [5.74, 6) is 0.802. The van der Waals surface area contributed by atoms with Gasteiger partial charge in [0, 0.05) is 13.7 Å². The molecule has 2 aromatic carbocycles. The van der Waals surface area contributed by atoms with Gasteiger partial charge >= 0.3 is 0 Å². The zero-order valence-electron chi connectivity index (χ0n) is 16.5. The molecule has 0 aliphatic carbocycles. The van der Waals surface area contributed by atoms with Crippen molar-refractivity contribution in [2.45, 2.75) is 18.4 Å². The number of piperidine rings is 1. The van der Waals surface area contributed by atoms with E-state index >= 15 is 0 Å². The summed E-state index contributed by atoms with van der Waals surface area (Å²) in [6, 6.07) is 15.3. The minimum absolute atomic E-state index is 0.0495. The van der Waals surface area contributed by atoms with E-state index in [1.807, 2.05) is 41.3 Å². The molecule has 1 atom stereocenters. The van der Waals surface area contributed by atoms with Gasteiger partial charge in [-0.1, -0.05) is 35.9 Å². The molecule has 0 aromatic heterocycles. The zero-order chi connectivity index (χ0) is 20.3. The van der Waals surface area contributed by atoms with E-state index in [0.717, 1.165) is 30.1 Å². The Bertz CT molecular complexity index is 933. The molecule has 2 N–H and O–H groups in total. The van der Waals surface area contributed by atoms with E-state index in [2.05, 4.69) is 10.6 Å². The number of nitrogens with zero attached hydrogens (tertiary/aromatic N) is 2. The van der Waals surface area contributed by atoms with E-state index in [0.29, 0.717) is 36.8 Å². The van der Waals surface area contributed by atoms with Gasteiger partial charge in [0.1, 0.15) is 11.4 Å². The highest BCUT2D eigenvalue weighted by molar-refractivity contribution is 6.33. The topological polar surface area (TPSA) is 66.0 Å². The van der Waals surface area contributed by atoms with Crippen molar-refractivity contribution in [3.8, 4) is 0 Å². The van der Waals surface area contributed by atoms with E-state index in [1.54, 1.807) is 19.2 Å². The molecule has 2 aromatic rings. The fraction of sp³-hybridized carbons (Fsp3) is 0.364. The number of likely N-dealkylation sites (tertiary alicyclic amines) is 1. The van der Waals surface area contributed by atoms with Crippen molar-refractivity contribution in [2.75, 3.05) is 44.0 Å². The smallest absolute Gasteiger partial charge is 0.255 e. The molecule has 0 radical (unpaired) electrons. The third-order valence-corrected chi connectivity index (χ3v) is 5.79. The number of aliphatic imine (C=N–C) groups is 1. The van der Waals surface area contributed by atoms with Gasteiger partial charge in [0.05, 0.1) is 41.7 Å². The van der Waals surface area contributed by atoms with E-state index < -0.39 is 5.54 Å². The average molecular weight is 413 g/mol. The van der Waals surface area contributed by atoms with E-state index in [-0.39, 0.29) is 5.91 Å². The lowest BCUT2D eigenvalue weighted by molar-refractivity contribution is 0.0694. The van der Waals surface area contributed by atoms with Crippen molar-refractivity contribution in [1.82, 2.24) is 4.90 Å². The van der Waals surface area contributed by atoms with Gasteiger partial charge in [0.25, 0.3) is 5.91 Å². The lowest BCUT2D eigenvalue weighted by atomic mass is 9.85. The van der Waals surface area contributed by atoms with Crippen LogP contribution < -0.4 is 10.6 Å². The van der Waals surface area contributed by atoms with Crippen LogP contribution in [0.5, 0.6) is 0 Å². The minimum atomic E-state index is -0.461. The second kappa shape index (κ2) is 8.43. The van der Waals surface area contributed by atoms with Crippen LogP contribution in [0.3, 0.4) is 0 Å². The first-order valence-electron chi connectivity index (χ1n) is 9.85. The summed E-state index contributed by atoms with van der Waals surface area (Å²) in [5, 5.41) is 7.65. The summed E-state index contributed by atoms with van der Waals surface area (Å²) < 4.78 is 5.17. The molecule has 1 fully saturated rings. The molecule has 1 spiro atoms. The van der Waals surface area contributed by atoms with Gasteiger partial charge in [-0.3, -0.25) is 9.79 Å². The van der Waals surface area contributed by atoms with Crippen LogP contribution in [0, 0.1) is 0 Å². The Morgan fingerprint density at radius 3 is 2.76 bits per heavy atom. The zero-order valence-corrected chi connectivity index (χ0v) is 17.2. The first-order valence-corrected chi connectivity index (χ1v) is 10.2. The predicted octanol–water partition coefficient (Wildman–Crippen LogP) is 3.90.